The van der Waals surface area contributed by atoms with Crippen molar-refractivity contribution in [1.82, 2.24) is 10.3 Å². The van der Waals surface area contributed by atoms with Crippen LogP contribution in [-0.4, -0.2) is 10.5 Å². The molecule has 0 saturated heterocycles. The number of nitrogens with zero attached hydrogens (tertiary/aromatic N) is 1. The molecule has 4 heteroatoms. The SMILES string of the molecule is Cc1cc(-c2ocnc2CNC(C)(C)C)ccc1Br. The van der Waals surface area contributed by atoms with Crippen LogP contribution in [0.5, 0.6) is 0 Å². The van der Waals surface area contributed by atoms with E-state index in [9.17, 15) is 0 Å². The summed E-state index contributed by atoms with van der Waals surface area (Å²) in [4.78, 5) is 4.31. The lowest BCUT2D eigenvalue weighted by atomic mass is 10.1. The third kappa shape index (κ3) is 3.67. The number of aryl methyl sites for hydroxylation is 1. The summed E-state index contributed by atoms with van der Waals surface area (Å²) >= 11 is 3.51. The van der Waals surface area contributed by atoms with E-state index >= 15 is 0 Å². The number of benzene rings is 1. The van der Waals surface area contributed by atoms with E-state index in [0.717, 1.165) is 21.5 Å². The lowest BCUT2D eigenvalue weighted by Crippen LogP contribution is -2.35. The highest BCUT2D eigenvalue weighted by atomic mass is 79.9. The van der Waals surface area contributed by atoms with Crippen molar-refractivity contribution in [2.24, 2.45) is 0 Å². The monoisotopic (exact) mass is 322 g/mol. The molecule has 19 heavy (non-hydrogen) atoms. The van der Waals surface area contributed by atoms with E-state index in [1.165, 1.54) is 12.0 Å². The van der Waals surface area contributed by atoms with E-state index in [1.54, 1.807) is 0 Å². The van der Waals surface area contributed by atoms with Crippen LogP contribution in [0.25, 0.3) is 11.3 Å². The molecule has 1 aromatic heterocycles. The molecule has 0 fully saturated rings. The molecule has 1 heterocycles. The fraction of sp³-hybridized carbons (Fsp3) is 0.400. The Kier molecular flexibility index (Phi) is 4.11. The highest BCUT2D eigenvalue weighted by Crippen LogP contribution is 2.27. The van der Waals surface area contributed by atoms with Crippen LogP contribution in [0.1, 0.15) is 32.0 Å². The third-order valence-electron chi connectivity index (χ3n) is 2.85. The van der Waals surface area contributed by atoms with Gasteiger partial charge >= 0.3 is 0 Å². The zero-order valence-corrected chi connectivity index (χ0v) is 13.3. The summed E-state index contributed by atoms with van der Waals surface area (Å²) in [6, 6.07) is 6.18. The molecule has 0 bridgehead atoms. The molecule has 0 aliphatic heterocycles. The van der Waals surface area contributed by atoms with E-state index in [0.29, 0.717) is 6.54 Å². The van der Waals surface area contributed by atoms with Gasteiger partial charge < -0.3 is 9.73 Å². The number of hydrogen-bond donors (Lipinski definition) is 1. The van der Waals surface area contributed by atoms with Crippen LogP contribution in [-0.2, 0) is 6.54 Å². The van der Waals surface area contributed by atoms with E-state index in [-0.39, 0.29) is 5.54 Å². The first-order valence-electron chi connectivity index (χ1n) is 6.31. The smallest absolute Gasteiger partial charge is 0.181 e. The summed E-state index contributed by atoms with van der Waals surface area (Å²) in [6.45, 7) is 9.17. The quantitative estimate of drug-likeness (QED) is 0.915. The summed E-state index contributed by atoms with van der Waals surface area (Å²) < 4.78 is 6.65. The molecule has 1 N–H and O–H groups in total. The fourth-order valence-electron chi connectivity index (χ4n) is 1.76. The van der Waals surface area contributed by atoms with Crippen LogP contribution >= 0.6 is 15.9 Å². The predicted molar refractivity (Wildman–Crippen MR) is 81.0 cm³/mol. The lowest BCUT2D eigenvalue weighted by molar-refractivity contribution is 0.421. The molecule has 0 radical (unpaired) electrons. The molecule has 0 unspecified atom stereocenters. The highest BCUT2D eigenvalue weighted by Gasteiger charge is 2.15. The molecule has 0 amide bonds. The molecule has 2 rings (SSSR count). The Morgan fingerprint density at radius 3 is 2.68 bits per heavy atom. The van der Waals surface area contributed by atoms with Crippen molar-refractivity contribution in [1.29, 1.82) is 0 Å². The molecular weight excluding hydrogens is 304 g/mol. The van der Waals surface area contributed by atoms with Gasteiger partial charge in [-0.1, -0.05) is 22.0 Å². The summed E-state index contributed by atoms with van der Waals surface area (Å²) in [5.74, 6) is 0.840. The van der Waals surface area contributed by atoms with Gasteiger partial charge in [-0.3, -0.25) is 0 Å². The standard InChI is InChI=1S/C15H19BrN2O/c1-10-7-11(5-6-12(10)16)14-13(17-9-19-14)8-18-15(2,3)4/h5-7,9,18H,8H2,1-4H3. The van der Waals surface area contributed by atoms with Gasteiger partial charge in [0.2, 0.25) is 0 Å². The largest absolute Gasteiger partial charge is 0.443 e. The van der Waals surface area contributed by atoms with Gasteiger partial charge in [0.05, 0.1) is 0 Å². The number of halogens is 1. The number of rotatable bonds is 3. The first kappa shape index (κ1) is 14.3. The van der Waals surface area contributed by atoms with Gasteiger partial charge in [0.1, 0.15) is 5.69 Å². The minimum absolute atomic E-state index is 0.0614. The Bertz CT molecular complexity index is 570. The minimum atomic E-state index is 0.0614. The Hall–Kier alpha value is -1.13. The van der Waals surface area contributed by atoms with Gasteiger partial charge in [-0.05, 0) is 45.4 Å². The second-order valence-corrected chi connectivity index (χ2v) is 6.55. The van der Waals surface area contributed by atoms with Gasteiger partial charge in [-0.25, -0.2) is 4.98 Å². The zero-order valence-electron chi connectivity index (χ0n) is 11.7. The molecule has 0 spiro atoms. The van der Waals surface area contributed by atoms with Gasteiger partial charge in [0.15, 0.2) is 12.2 Å². The fourth-order valence-corrected chi connectivity index (χ4v) is 2.01. The van der Waals surface area contributed by atoms with Gasteiger partial charge in [-0.15, -0.1) is 0 Å². The second kappa shape index (κ2) is 5.47. The lowest BCUT2D eigenvalue weighted by Gasteiger charge is -2.19. The molecule has 2 aromatic rings. The highest BCUT2D eigenvalue weighted by molar-refractivity contribution is 9.10. The van der Waals surface area contributed by atoms with Crippen LogP contribution in [0.2, 0.25) is 0 Å². The topological polar surface area (TPSA) is 38.1 Å². The molecule has 3 nitrogen and oxygen atoms in total. The molecule has 0 aliphatic carbocycles. The van der Waals surface area contributed by atoms with Crippen molar-refractivity contribution in [3.05, 3.63) is 40.3 Å². The molecule has 0 saturated carbocycles. The number of hydrogen-bond acceptors (Lipinski definition) is 3. The van der Waals surface area contributed by atoms with Crippen LogP contribution < -0.4 is 5.32 Å². The number of aromatic nitrogens is 1. The van der Waals surface area contributed by atoms with Crippen molar-refractivity contribution in [3.63, 3.8) is 0 Å². The van der Waals surface area contributed by atoms with Crippen molar-refractivity contribution in [2.75, 3.05) is 0 Å². The summed E-state index contributed by atoms with van der Waals surface area (Å²) in [5, 5.41) is 3.43. The molecule has 102 valence electrons. The maximum absolute atomic E-state index is 5.54. The first-order valence-corrected chi connectivity index (χ1v) is 7.10. The Morgan fingerprint density at radius 1 is 1.32 bits per heavy atom. The normalized spacial score (nSPS) is 11.8. The first-order chi connectivity index (χ1) is 8.87. The van der Waals surface area contributed by atoms with Gasteiger partial charge in [-0.2, -0.15) is 0 Å². The molecule has 1 aromatic carbocycles. The van der Waals surface area contributed by atoms with Crippen molar-refractivity contribution in [2.45, 2.75) is 39.8 Å². The average molecular weight is 323 g/mol. The minimum Gasteiger partial charge on any atom is -0.443 e. The van der Waals surface area contributed by atoms with E-state index in [4.69, 9.17) is 4.42 Å². The Morgan fingerprint density at radius 2 is 2.05 bits per heavy atom. The number of nitrogens with one attached hydrogen (secondary N) is 1. The van der Waals surface area contributed by atoms with Crippen molar-refractivity contribution in [3.8, 4) is 11.3 Å². The van der Waals surface area contributed by atoms with Crippen LogP contribution in [0, 0.1) is 6.92 Å². The average Bonchev–Trinajstić information content (AvgIpc) is 2.77. The summed E-state index contributed by atoms with van der Waals surface area (Å²) in [5.41, 5.74) is 3.25. The van der Waals surface area contributed by atoms with Crippen LogP contribution in [0.3, 0.4) is 0 Å². The van der Waals surface area contributed by atoms with E-state index in [1.807, 2.05) is 12.1 Å². The molecule has 0 atom stereocenters. The van der Waals surface area contributed by atoms with Crippen LogP contribution in [0.15, 0.2) is 33.5 Å². The van der Waals surface area contributed by atoms with Gasteiger partial charge in [0.25, 0.3) is 0 Å². The third-order valence-corrected chi connectivity index (χ3v) is 3.74. The maximum Gasteiger partial charge on any atom is 0.181 e. The van der Waals surface area contributed by atoms with Crippen molar-refractivity contribution < 1.29 is 4.42 Å². The van der Waals surface area contributed by atoms with E-state index in [2.05, 4.69) is 60.0 Å². The zero-order chi connectivity index (χ0) is 14.0. The second-order valence-electron chi connectivity index (χ2n) is 5.70. The van der Waals surface area contributed by atoms with Crippen LogP contribution in [0.4, 0.5) is 0 Å². The van der Waals surface area contributed by atoms with Gasteiger partial charge in [0, 0.05) is 22.1 Å². The number of oxazole rings is 1. The summed E-state index contributed by atoms with van der Waals surface area (Å²) in [7, 11) is 0. The predicted octanol–water partition coefficient (Wildman–Crippen LogP) is 4.30. The van der Waals surface area contributed by atoms with E-state index < -0.39 is 0 Å². The summed E-state index contributed by atoms with van der Waals surface area (Å²) in [6.07, 6.45) is 1.51. The Balaban J connectivity index is 2.26. The molecular formula is C15H19BrN2O. The molecule has 0 aliphatic rings. The maximum atomic E-state index is 5.54. The Labute approximate surface area is 122 Å². The van der Waals surface area contributed by atoms with Crippen molar-refractivity contribution >= 4 is 15.9 Å².